The highest BCUT2D eigenvalue weighted by molar-refractivity contribution is 5.15. The van der Waals surface area contributed by atoms with Gasteiger partial charge in [0.25, 0.3) is 0 Å². The third kappa shape index (κ3) is 3.21. The van der Waals surface area contributed by atoms with E-state index >= 15 is 0 Å². The van der Waals surface area contributed by atoms with Gasteiger partial charge >= 0.3 is 0 Å². The molecule has 1 nitrogen and oxygen atoms in total. The molecule has 0 spiro atoms. The molecule has 80 valence electrons. The number of hydrogen-bond acceptors (Lipinski definition) is 1. The zero-order valence-corrected chi connectivity index (χ0v) is 9.28. The molecule has 1 aromatic carbocycles. The summed E-state index contributed by atoms with van der Waals surface area (Å²) in [5, 5.41) is 0. The molecule has 0 amide bonds. The van der Waals surface area contributed by atoms with Crippen molar-refractivity contribution in [3.8, 4) is 0 Å². The first kappa shape index (κ1) is 10.4. The maximum Gasteiger partial charge on any atom is 0.00221 e. The van der Waals surface area contributed by atoms with Gasteiger partial charge in [-0.15, -0.1) is 0 Å². The van der Waals surface area contributed by atoms with Crippen LogP contribution in [0.3, 0.4) is 0 Å². The molecule has 0 saturated carbocycles. The van der Waals surface area contributed by atoms with E-state index in [-0.39, 0.29) is 0 Å². The second-order valence-electron chi connectivity index (χ2n) is 4.33. The number of nitrogens with zero attached hydrogens (tertiary/aromatic N) is 1. The first-order valence-corrected chi connectivity index (χ1v) is 5.77. The molecular formula is C14H19N. The highest BCUT2D eigenvalue weighted by Crippen LogP contribution is 2.14. The van der Waals surface area contributed by atoms with Crippen molar-refractivity contribution in [1.82, 2.24) is 4.90 Å². The van der Waals surface area contributed by atoms with E-state index in [9.17, 15) is 0 Å². The summed E-state index contributed by atoms with van der Waals surface area (Å²) < 4.78 is 0. The molecule has 1 heterocycles. The van der Waals surface area contributed by atoms with Gasteiger partial charge in [0, 0.05) is 19.6 Å². The third-order valence-electron chi connectivity index (χ3n) is 3.12. The number of hydrogen-bond donors (Lipinski definition) is 0. The monoisotopic (exact) mass is 201 g/mol. The van der Waals surface area contributed by atoms with E-state index in [0.717, 1.165) is 0 Å². The summed E-state index contributed by atoms with van der Waals surface area (Å²) in [5.74, 6) is 0. The van der Waals surface area contributed by atoms with E-state index in [2.05, 4.69) is 41.8 Å². The lowest BCUT2D eigenvalue weighted by molar-refractivity contribution is 0.260. The molecule has 1 aromatic rings. The van der Waals surface area contributed by atoms with Crippen molar-refractivity contribution in [3.63, 3.8) is 0 Å². The molecule has 2 rings (SSSR count). The van der Waals surface area contributed by atoms with Gasteiger partial charge in [0.15, 0.2) is 0 Å². The van der Waals surface area contributed by atoms with E-state index in [1.807, 2.05) is 0 Å². The van der Waals surface area contributed by atoms with E-state index in [1.54, 1.807) is 0 Å². The van der Waals surface area contributed by atoms with Gasteiger partial charge in [-0.3, -0.25) is 0 Å². The first-order valence-electron chi connectivity index (χ1n) is 5.77. The molecule has 0 aromatic heterocycles. The average Bonchev–Trinajstić information content (AvgIpc) is 2.30. The van der Waals surface area contributed by atoms with Gasteiger partial charge in [0.2, 0.25) is 0 Å². The first-order chi connectivity index (χ1) is 7.34. The Kier molecular flexibility index (Phi) is 3.57. The van der Waals surface area contributed by atoms with Crippen molar-refractivity contribution in [1.29, 1.82) is 0 Å². The second kappa shape index (κ2) is 5.13. The van der Waals surface area contributed by atoms with Gasteiger partial charge in [-0.1, -0.05) is 42.5 Å². The van der Waals surface area contributed by atoms with Crippen LogP contribution in [-0.4, -0.2) is 24.5 Å². The largest absolute Gasteiger partial charge is 0.302 e. The Morgan fingerprint density at radius 2 is 1.73 bits per heavy atom. The van der Waals surface area contributed by atoms with Gasteiger partial charge in [0.05, 0.1) is 0 Å². The Morgan fingerprint density at radius 1 is 1.07 bits per heavy atom. The lowest BCUT2D eigenvalue weighted by atomic mass is 10.1. The summed E-state index contributed by atoms with van der Waals surface area (Å²) in [6.07, 6.45) is 3.55. The van der Waals surface area contributed by atoms with Crippen LogP contribution in [0, 0.1) is 0 Å². The van der Waals surface area contributed by atoms with Crippen molar-refractivity contribution < 1.29 is 0 Å². The van der Waals surface area contributed by atoms with Crippen molar-refractivity contribution in [2.75, 3.05) is 19.6 Å². The molecule has 0 N–H and O–H groups in total. The minimum absolute atomic E-state index is 1.17. The smallest absolute Gasteiger partial charge is 0.00221 e. The summed E-state index contributed by atoms with van der Waals surface area (Å²) in [5.41, 5.74) is 2.87. The van der Waals surface area contributed by atoms with Crippen molar-refractivity contribution >= 4 is 0 Å². The quantitative estimate of drug-likeness (QED) is 0.680. The second-order valence-corrected chi connectivity index (χ2v) is 4.33. The summed E-state index contributed by atoms with van der Waals surface area (Å²) in [4.78, 5) is 2.54. The van der Waals surface area contributed by atoms with Crippen LogP contribution in [0.15, 0.2) is 42.5 Å². The Bertz CT molecular complexity index is 305. The highest BCUT2D eigenvalue weighted by Gasteiger charge is 2.11. The lowest BCUT2D eigenvalue weighted by Crippen LogP contribution is -2.32. The van der Waals surface area contributed by atoms with Gasteiger partial charge < -0.3 is 4.90 Å². The predicted octanol–water partition coefficient (Wildman–Crippen LogP) is 2.88. The molecule has 0 radical (unpaired) electrons. The Morgan fingerprint density at radius 3 is 2.40 bits per heavy atom. The van der Waals surface area contributed by atoms with E-state index in [0.29, 0.717) is 0 Å². The Labute approximate surface area is 92.4 Å². The molecule has 1 aliphatic rings. The molecule has 1 saturated heterocycles. The van der Waals surface area contributed by atoms with Gasteiger partial charge in [0.1, 0.15) is 0 Å². The highest BCUT2D eigenvalue weighted by atomic mass is 15.1. The average molecular weight is 201 g/mol. The number of likely N-dealkylation sites (tertiary alicyclic amines) is 1. The van der Waals surface area contributed by atoms with Crippen molar-refractivity contribution in [2.45, 2.75) is 19.3 Å². The van der Waals surface area contributed by atoms with E-state index in [1.165, 1.54) is 50.0 Å². The standard InChI is InChI=1S/C14H19N/c1-13-7-10-15(11-8-13)12-9-14-5-3-2-4-6-14/h2-6H,1,7-12H2. The predicted molar refractivity (Wildman–Crippen MR) is 65.0 cm³/mol. The summed E-state index contributed by atoms with van der Waals surface area (Å²) in [6, 6.07) is 10.7. The number of rotatable bonds is 3. The SMILES string of the molecule is C=C1CCN(CCc2ccccc2)CC1. The van der Waals surface area contributed by atoms with E-state index < -0.39 is 0 Å². The van der Waals surface area contributed by atoms with E-state index in [4.69, 9.17) is 0 Å². The molecule has 0 unspecified atom stereocenters. The topological polar surface area (TPSA) is 3.24 Å². The number of benzene rings is 1. The lowest BCUT2D eigenvalue weighted by Gasteiger charge is -2.27. The molecular weight excluding hydrogens is 182 g/mol. The minimum Gasteiger partial charge on any atom is -0.302 e. The molecule has 15 heavy (non-hydrogen) atoms. The zero-order chi connectivity index (χ0) is 10.5. The molecule has 1 aliphatic heterocycles. The van der Waals surface area contributed by atoms with Crippen LogP contribution in [0.2, 0.25) is 0 Å². The maximum atomic E-state index is 4.04. The van der Waals surface area contributed by atoms with Crippen LogP contribution in [0.4, 0.5) is 0 Å². The molecule has 1 fully saturated rings. The fraction of sp³-hybridized carbons (Fsp3) is 0.429. The van der Waals surface area contributed by atoms with Crippen LogP contribution in [-0.2, 0) is 6.42 Å². The fourth-order valence-corrected chi connectivity index (χ4v) is 2.02. The Hall–Kier alpha value is -1.08. The van der Waals surface area contributed by atoms with Crippen LogP contribution in [0.1, 0.15) is 18.4 Å². The third-order valence-corrected chi connectivity index (χ3v) is 3.12. The summed E-state index contributed by atoms with van der Waals surface area (Å²) >= 11 is 0. The van der Waals surface area contributed by atoms with Crippen molar-refractivity contribution in [2.24, 2.45) is 0 Å². The van der Waals surface area contributed by atoms with Crippen LogP contribution in [0.25, 0.3) is 0 Å². The summed E-state index contributed by atoms with van der Waals surface area (Å²) in [6.45, 7) is 7.63. The van der Waals surface area contributed by atoms with Crippen LogP contribution < -0.4 is 0 Å². The molecule has 1 heteroatoms. The zero-order valence-electron chi connectivity index (χ0n) is 9.28. The normalized spacial score (nSPS) is 18.0. The van der Waals surface area contributed by atoms with Crippen molar-refractivity contribution in [3.05, 3.63) is 48.0 Å². The molecule has 0 atom stereocenters. The Balaban J connectivity index is 1.77. The summed E-state index contributed by atoms with van der Waals surface area (Å²) in [7, 11) is 0. The number of piperidine rings is 1. The molecule has 0 bridgehead atoms. The van der Waals surface area contributed by atoms with Gasteiger partial charge in [-0.25, -0.2) is 0 Å². The van der Waals surface area contributed by atoms with Gasteiger partial charge in [-0.2, -0.15) is 0 Å². The van der Waals surface area contributed by atoms with Crippen LogP contribution >= 0.6 is 0 Å². The van der Waals surface area contributed by atoms with Crippen LogP contribution in [0.5, 0.6) is 0 Å². The molecule has 0 aliphatic carbocycles. The minimum atomic E-state index is 1.17. The maximum absolute atomic E-state index is 4.04. The van der Waals surface area contributed by atoms with Gasteiger partial charge in [-0.05, 0) is 24.8 Å². The fourth-order valence-electron chi connectivity index (χ4n) is 2.02.